The van der Waals surface area contributed by atoms with E-state index in [4.69, 9.17) is 13.8 Å². The number of pyridine rings is 1. The largest absolute Gasteiger partial charge is 0.467 e. The maximum atomic E-state index is 6.08. The smallest absolute Gasteiger partial charge is 0.190 e. The van der Waals surface area contributed by atoms with Crippen molar-refractivity contribution in [1.29, 1.82) is 0 Å². The number of hydrogen-bond donors (Lipinski definition) is 0. The van der Waals surface area contributed by atoms with Gasteiger partial charge in [0.05, 0.1) is 30.4 Å². The maximum Gasteiger partial charge on any atom is 0.190 e. The van der Waals surface area contributed by atoms with Gasteiger partial charge in [-0.3, -0.25) is 4.98 Å². The molecule has 0 saturated heterocycles. The summed E-state index contributed by atoms with van der Waals surface area (Å²) in [7, 11) is 0. The second kappa shape index (κ2) is 6.74. The summed E-state index contributed by atoms with van der Waals surface area (Å²) in [6.07, 6.45) is 5.17. The predicted molar refractivity (Wildman–Crippen MR) is 105 cm³/mol. The zero-order valence-electron chi connectivity index (χ0n) is 14.3. The molecule has 5 rings (SSSR count). The van der Waals surface area contributed by atoms with E-state index in [1.807, 2.05) is 48.5 Å². The minimum Gasteiger partial charge on any atom is -0.467 e. The normalized spacial score (nSPS) is 12.1. The summed E-state index contributed by atoms with van der Waals surface area (Å²) in [5, 5.41) is 3.14. The molecule has 27 heavy (non-hydrogen) atoms. The van der Waals surface area contributed by atoms with Gasteiger partial charge in [0.15, 0.2) is 10.6 Å². The van der Waals surface area contributed by atoms with E-state index in [9.17, 15) is 0 Å². The third-order valence-electron chi connectivity index (χ3n) is 4.24. The Morgan fingerprint density at radius 3 is 2.85 bits per heavy atom. The van der Waals surface area contributed by atoms with Crippen LogP contribution in [0.1, 0.15) is 5.76 Å². The Morgan fingerprint density at radius 2 is 2.04 bits per heavy atom. The summed E-state index contributed by atoms with van der Waals surface area (Å²) in [4.78, 5) is 9.76. The van der Waals surface area contributed by atoms with E-state index in [-0.39, 0.29) is 0 Å². The lowest BCUT2D eigenvalue weighted by molar-refractivity contribution is 0.490. The molecule has 1 aromatic carbocycles. The van der Waals surface area contributed by atoms with Crippen LogP contribution in [0, 0.1) is 0 Å². The molecule has 132 valence electrons. The van der Waals surface area contributed by atoms with Gasteiger partial charge < -0.3 is 13.4 Å². The van der Waals surface area contributed by atoms with Crippen molar-refractivity contribution in [3.63, 3.8) is 0 Å². The molecule has 0 atom stereocenters. The van der Waals surface area contributed by atoms with Gasteiger partial charge in [-0.2, -0.15) is 0 Å². The van der Waals surface area contributed by atoms with E-state index in [1.54, 1.807) is 30.0 Å². The molecule has 0 fully saturated rings. The molecule has 0 radical (unpaired) electrons. The fourth-order valence-electron chi connectivity index (χ4n) is 2.97. The van der Waals surface area contributed by atoms with Gasteiger partial charge in [0.25, 0.3) is 0 Å². The van der Waals surface area contributed by atoms with E-state index in [0.717, 1.165) is 38.7 Å². The molecule has 0 spiro atoms. The first-order valence-electron chi connectivity index (χ1n) is 8.51. The van der Waals surface area contributed by atoms with Crippen molar-refractivity contribution in [2.75, 3.05) is 0 Å². The molecule has 0 unspecified atom stereocenters. The van der Waals surface area contributed by atoms with Crippen molar-refractivity contribution >= 4 is 28.0 Å². The molecule has 0 amide bonds. The number of fused-ring (bicyclic) bond motifs is 1. The molecule has 5 aromatic rings. The molecule has 6 heteroatoms. The predicted octanol–water partition coefficient (Wildman–Crippen LogP) is 5.23. The molecule has 0 N–H and O–H groups in total. The average Bonchev–Trinajstić information content (AvgIpc) is 3.43. The number of nitrogens with zero attached hydrogens (tertiary/aromatic N) is 3. The van der Waals surface area contributed by atoms with Gasteiger partial charge in [-0.1, -0.05) is 18.2 Å². The highest BCUT2D eigenvalue weighted by molar-refractivity contribution is 7.07. The Hall–Kier alpha value is -3.38. The summed E-state index contributed by atoms with van der Waals surface area (Å²) in [6, 6.07) is 17.7. The van der Waals surface area contributed by atoms with Crippen molar-refractivity contribution in [3.05, 3.63) is 89.2 Å². The third kappa shape index (κ3) is 3.11. The zero-order chi connectivity index (χ0) is 18.1. The summed E-state index contributed by atoms with van der Waals surface area (Å²) in [5.41, 5.74) is 2.65. The van der Waals surface area contributed by atoms with Crippen LogP contribution < -0.4 is 4.80 Å². The Balaban J connectivity index is 1.67. The van der Waals surface area contributed by atoms with Crippen molar-refractivity contribution in [2.45, 2.75) is 6.54 Å². The number of para-hydroxylation sites is 1. The fourth-order valence-corrected chi connectivity index (χ4v) is 3.87. The lowest BCUT2D eigenvalue weighted by atomic mass is 10.2. The molecule has 0 aliphatic carbocycles. The molecule has 0 bridgehead atoms. The minimum absolute atomic E-state index is 0.571. The first-order chi connectivity index (χ1) is 13.4. The number of furan rings is 2. The van der Waals surface area contributed by atoms with Crippen LogP contribution >= 0.6 is 11.3 Å². The van der Waals surface area contributed by atoms with Crippen molar-refractivity contribution in [3.8, 4) is 11.5 Å². The molecule has 4 heterocycles. The van der Waals surface area contributed by atoms with Crippen molar-refractivity contribution < 1.29 is 8.83 Å². The highest BCUT2D eigenvalue weighted by Crippen LogP contribution is 2.28. The number of hydrogen-bond acceptors (Lipinski definition) is 5. The van der Waals surface area contributed by atoms with Gasteiger partial charge in [0.2, 0.25) is 0 Å². The second-order valence-electron chi connectivity index (χ2n) is 6.04. The van der Waals surface area contributed by atoms with Crippen LogP contribution in [0.2, 0.25) is 0 Å². The molecular formula is C21H15N3O2S. The Bertz CT molecular complexity index is 1210. The number of rotatable bonds is 4. The first-order valence-corrected chi connectivity index (χ1v) is 9.39. The second-order valence-corrected chi connectivity index (χ2v) is 6.88. The molecule has 0 aliphatic heterocycles. The van der Waals surface area contributed by atoms with Crippen LogP contribution in [-0.2, 0) is 6.54 Å². The molecule has 4 aromatic heterocycles. The molecule has 5 nitrogen and oxygen atoms in total. The van der Waals surface area contributed by atoms with E-state index >= 15 is 0 Å². The van der Waals surface area contributed by atoms with Gasteiger partial charge in [0, 0.05) is 17.0 Å². The number of aromatic nitrogens is 2. The minimum atomic E-state index is 0.571. The first kappa shape index (κ1) is 15.8. The van der Waals surface area contributed by atoms with Crippen LogP contribution in [0.25, 0.3) is 22.4 Å². The monoisotopic (exact) mass is 373 g/mol. The SMILES string of the molecule is c1cncc(N=c2scc(-c3cc4ccccc4o3)n2Cc2ccco2)c1. The van der Waals surface area contributed by atoms with Crippen LogP contribution in [0.4, 0.5) is 5.69 Å². The van der Waals surface area contributed by atoms with E-state index < -0.39 is 0 Å². The fraction of sp³-hybridized carbons (Fsp3) is 0.0476. The zero-order valence-corrected chi connectivity index (χ0v) is 15.1. The Labute approximate surface area is 158 Å². The van der Waals surface area contributed by atoms with E-state index in [2.05, 4.69) is 21.0 Å². The summed E-state index contributed by atoms with van der Waals surface area (Å²) >= 11 is 1.56. The maximum absolute atomic E-state index is 6.08. The van der Waals surface area contributed by atoms with E-state index in [0.29, 0.717) is 6.54 Å². The van der Waals surface area contributed by atoms with Crippen LogP contribution in [0.3, 0.4) is 0 Å². The summed E-state index contributed by atoms with van der Waals surface area (Å²) in [5.74, 6) is 1.67. The van der Waals surface area contributed by atoms with Gasteiger partial charge in [-0.15, -0.1) is 11.3 Å². The summed E-state index contributed by atoms with van der Waals surface area (Å²) < 4.78 is 13.7. The van der Waals surface area contributed by atoms with Crippen LogP contribution in [-0.4, -0.2) is 9.55 Å². The van der Waals surface area contributed by atoms with Gasteiger partial charge >= 0.3 is 0 Å². The quantitative estimate of drug-likeness (QED) is 0.433. The van der Waals surface area contributed by atoms with Gasteiger partial charge in [-0.05, 0) is 36.4 Å². The summed E-state index contributed by atoms with van der Waals surface area (Å²) in [6.45, 7) is 0.571. The van der Waals surface area contributed by atoms with Crippen LogP contribution in [0.15, 0.2) is 92.5 Å². The topological polar surface area (TPSA) is 56.5 Å². The number of benzene rings is 1. The molecular weight excluding hydrogens is 358 g/mol. The lowest BCUT2D eigenvalue weighted by Gasteiger charge is -2.05. The lowest BCUT2D eigenvalue weighted by Crippen LogP contribution is -2.16. The molecule has 0 aliphatic rings. The standard InChI is InChI=1S/C21H15N3O2S/c1-2-8-19-15(5-1)11-20(26-19)18-14-27-21(23-16-6-3-9-22-12-16)24(18)13-17-7-4-10-25-17/h1-12,14H,13H2. The van der Waals surface area contributed by atoms with Gasteiger partial charge in [0.1, 0.15) is 11.3 Å². The average molecular weight is 373 g/mol. The Kier molecular flexibility index (Phi) is 3.95. The van der Waals surface area contributed by atoms with Crippen molar-refractivity contribution in [1.82, 2.24) is 9.55 Å². The number of thiazole rings is 1. The highest BCUT2D eigenvalue weighted by Gasteiger charge is 2.14. The third-order valence-corrected chi connectivity index (χ3v) is 5.10. The van der Waals surface area contributed by atoms with E-state index in [1.165, 1.54) is 0 Å². The molecule has 0 saturated carbocycles. The Morgan fingerprint density at radius 1 is 1.07 bits per heavy atom. The van der Waals surface area contributed by atoms with Crippen LogP contribution in [0.5, 0.6) is 0 Å². The van der Waals surface area contributed by atoms with Crippen molar-refractivity contribution in [2.24, 2.45) is 4.99 Å². The van der Waals surface area contributed by atoms with Gasteiger partial charge in [-0.25, -0.2) is 4.99 Å². The highest BCUT2D eigenvalue weighted by atomic mass is 32.1.